The first-order valence-corrected chi connectivity index (χ1v) is 6.73. The van der Waals surface area contributed by atoms with Gasteiger partial charge in [-0.05, 0) is 37.0 Å². The molecular formula is C15H20N2O2. The summed E-state index contributed by atoms with van der Waals surface area (Å²) in [7, 11) is 0. The molecule has 0 aliphatic heterocycles. The lowest BCUT2D eigenvalue weighted by atomic mass is 10.1. The molecule has 4 heteroatoms. The minimum Gasteiger partial charge on any atom is -0.326 e. The van der Waals surface area contributed by atoms with E-state index in [-0.39, 0.29) is 17.7 Å². The van der Waals surface area contributed by atoms with Crippen molar-refractivity contribution in [3.05, 3.63) is 23.8 Å². The number of hydrogen-bond acceptors (Lipinski definition) is 2. The standard InChI is InChI=1S/C15H20N2O2/c1-4-14(18)16-12-6-5-7-13(10(12)3)17-15(19)11-8-9(11)2/h5-7,9,11H,4,8H2,1-3H3,(H,16,18)(H,17,19)/t9-,11-/m0/s1. The van der Waals surface area contributed by atoms with E-state index in [4.69, 9.17) is 0 Å². The molecule has 1 aliphatic carbocycles. The van der Waals surface area contributed by atoms with Gasteiger partial charge in [-0.2, -0.15) is 0 Å². The summed E-state index contributed by atoms with van der Waals surface area (Å²) in [6, 6.07) is 5.55. The topological polar surface area (TPSA) is 58.2 Å². The second kappa shape index (κ2) is 5.43. The lowest BCUT2D eigenvalue weighted by Gasteiger charge is -2.13. The monoisotopic (exact) mass is 260 g/mol. The van der Waals surface area contributed by atoms with Gasteiger partial charge in [-0.1, -0.05) is 19.9 Å². The molecule has 2 rings (SSSR count). The average molecular weight is 260 g/mol. The van der Waals surface area contributed by atoms with Crippen molar-refractivity contribution in [1.29, 1.82) is 0 Å². The van der Waals surface area contributed by atoms with Crippen molar-refractivity contribution >= 4 is 23.2 Å². The Morgan fingerprint density at radius 1 is 1.26 bits per heavy atom. The molecule has 19 heavy (non-hydrogen) atoms. The quantitative estimate of drug-likeness (QED) is 0.874. The van der Waals surface area contributed by atoms with Gasteiger partial charge in [0.25, 0.3) is 0 Å². The molecule has 102 valence electrons. The molecule has 0 saturated heterocycles. The fourth-order valence-corrected chi connectivity index (χ4v) is 2.06. The number of nitrogens with one attached hydrogen (secondary N) is 2. The summed E-state index contributed by atoms with van der Waals surface area (Å²) in [6.07, 6.45) is 1.41. The molecule has 4 nitrogen and oxygen atoms in total. The maximum absolute atomic E-state index is 11.9. The predicted molar refractivity (Wildman–Crippen MR) is 76.0 cm³/mol. The molecule has 1 saturated carbocycles. The number of carbonyl (C=O) groups excluding carboxylic acids is 2. The lowest BCUT2D eigenvalue weighted by molar-refractivity contribution is -0.117. The minimum absolute atomic E-state index is 0.0256. The van der Waals surface area contributed by atoms with Gasteiger partial charge in [-0.15, -0.1) is 0 Å². The average Bonchev–Trinajstić information content (AvgIpc) is 3.11. The van der Waals surface area contributed by atoms with Crippen LogP contribution in [0.4, 0.5) is 11.4 Å². The minimum atomic E-state index is -0.0256. The number of amides is 2. The molecular weight excluding hydrogens is 240 g/mol. The van der Waals surface area contributed by atoms with Crippen LogP contribution in [-0.4, -0.2) is 11.8 Å². The van der Waals surface area contributed by atoms with Crippen LogP contribution in [0, 0.1) is 18.8 Å². The molecule has 0 aromatic heterocycles. The van der Waals surface area contributed by atoms with Crippen molar-refractivity contribution in [2.24, 2.45) is 11.8 Å². The zero-order chi connectivity index (χ0) is 14.0. The Labute approximate surface area is 113 Å². The van der Waals surface area contributed by atoms with Crippen LogP contribution in [0.25, 0.3) is 0 Å². The van der Waals surface area contributed by atoms with Crippen molar-refractivity contribution in [2.45, 2.75) is 33.6 Å². The van der Waals surface area contributed by atoms with Crippen molar-refractivity contribution in [1.82, 2.24) is 0 Å². The van der Waals surface area contributed by atoms with Crippen LogP contribution in [0.15, 0.2) is 18.2 Å². The highest BCUT2D eigenvalue weighted by atomic mass is 16.2. The van der Waals surface area contributed by atoms with E-state index in [0.717, 1.165) is 23.4 Å². The maximum Gasteiger partial charge on any atom is 0.227 e. The van der Waals surface area contributed by atoms with Crippen LogP contribution >= 0.6 is 0 Å². The van der Waals surface area contributed by atoms with Crippen LogP contribution in [0.1, 0.15) is 32.3 Å². The van der Waals surface area contributed by atoms with E-state index in [0.29, 0.717) is 12.3 Å². The molecule has 1 aromatic carbocycles. The normalized spacial score (nSPS) is 20.8. The first-order valence-electron chi connectivity index (χ1n) is 6.73. The largest absolute Gasteiger partial charge is 0.326 e. The highest BCUT2D eigenvalue weighted by Gasteiger charge is 2.39. The first kappa shape index (κ1) is 13.6. The van der Waals surface area contributed by atoms with E-state index in [1.807, 2.05) is 32.0 Å². The number of carbonyl (C=O) groups is 2. The van der Waals surface area contributed by atoms with Gasteiger partial charge in [-0.3, -0.25) is 9.59 Å². The number of rotatable bonds is 4. The van der Waals surface area contributed by atoms with Crippen molar-refractivity contribution in [2.75, 3.05) is 10.6 Å². The van der Waals surface area contributed by atoms with Gasteiger partial charge >= 0.3 is 0 Å². The van der Waals surface area contributed by atoms with Crippen molar-refractivity contribution in [3.63, 3.8) is 0 Å². The SMILES string of the molecule is CCC(=O)Nc1cccc(NC(=O)[C@H]2C[C@@H]2C)c1C. The summed E-state index contributed by atoms with van der Waals surface area (Å²) in [6.45, 7) is 5.79. The first-order chi connectivity index (χ1) is 9.02. The van der Waals surface area contributed by atoms with E-state index < -0.39 is 0 Å². The van der Waals surface area contributed by atoms with Crippen LogP contribution < -0.4 is 10.6 Å². The highest BCUT2D eigenvalue weighted by Crippen LogP contribution is 2.38. The smallest absolute Gasteiger partial charge is 0.227 e. The predicted octanol–water partition coefficient (Wildman–Crippen LogP) is 2.94. The van der Waals surface area contributed by atoms with Gasteiger partial charge in [-0.25, -0.2) is 0 Å². The third-order valence-corrected chi connectivity index (χ3v) is 3.63. The zero-order valence-corrected chi connectivity index (χ0v) is 11.6. The summed E-state index contributed by atoms with van der Waals surface area (Å²) in [5, 5.41) is 5.78. The molecule has 2 atom stereocenters. The van der Waals surface area contributed by atoms with Crippen LogP contribution in [0.2, 0.25) is 0 Å². The summed E-state index contributed by atoms with van der Waals surface area (Å²) >= 11 is 0. The van der Waals surface area contributed by atoms with E-state index >= 15 is 0 Å². The summed E-state index contributed by atoms with van der Waals surface area (Å²) in [4.78, 5) is 23.4. The molecule has 0 bridgehead atoms. The van der Waals surface area contributed by atoms with E-state index in [1.54, 1.807) is 0 Å². The highest BCUT2D eigenvalue weighted by molar-refractivity contribution is 5.97. The molecule has 1 fully saturated rings. The Balaban J connectivity index is 2.10. The van der Waals surface area contributed by atoms with Gasteiger partial charge < -0.3 is 10.6 Å². The van der Waals surface area contributed by atoms with Crippen molar-refractivity contribution < 1.29 is 9.59 Å². The maximum atomic E-state index is 11.9. The van der Waals surface area contributed by atoms with Crippen LogP contribution in [0.3, 0.4) is 0 Å². The number of anilines is 2. The Morgan fingerprint density at radius 3 is 2.37 bits per heavy atom. The van der Waals surface area contributed by atoms with Gasteiger partial charge in [0.05, 0.1) is 0 Å². The zero-order valence-electron chi connectivity index (χ0n) is 11.6. The van der Waals surface area contributed by atoms with Gasteiger partial charge in [0, 0.05) is 23.7 Å². The van der Waals surface area contributed by atoms with Crippen molar-refractivity contribution in [3.8, 4) is 0 Å². The Morgan fingerprint density at radius 2 is 1.84 bits per heavy atom. The Kier molecular flexibility index (Phi) is 3.88. The summed E-state index contributed by atoms with van der Waals surface area (Å²) in [5.41, 5.74) is 2.43. The van der Waals surface area contributed by atoms with Gasteiger partial charge in [0.15, 0.2) is 0 Å². The van der Waals surface area contributed by atoms with E-state index in [1.165, 1.54) is 0 Å². The third-order valence-electron chi connectivity index (χ3n) is 3.63. The fourth-order valence-electron chi connectivity index (χ4n) is 2.06. The Hall–Kier alpha value is -1.84. The molecule has 1 aromatic rings. The van der Waals surface area contributed by atoms with Gasteiger partial charge in [0.2, 0.25) is 11.8 Å². The number of benzene rings is 1. The van der Waals surface area contributed by atoms with Crippen LogP contribution in [0.5, 0.6) is 0 Å². The molecule has 0 radical (unpaired) electrons. The fraction of sp³-hybridized carbons (Fsp3) is 0.467. The molecule has 0 unspecified atom stereocenters. The molecule has 1 aliphatic rings. The molecule has 0 heterocycles. The number of hydrogen-bond donors (Lipinski definition) is 2. The summed E-state index contributed by atoms with van der Waals surface area (Å²) in [5.74, 6) is 0.688. The molecule has 2 amide bonds. The van der Waals surface area contributed by atoms with Crippen LogP contribution in [-0.2, 0) is 9.59 Å². The molecule has 0 spiro atoms. The van der Waals surface area contributed by atoms with E-state index in [9.17, 15) is 9.59 Å². The lowest BCUT2D eigenvalue weighted by Crippen LogP contribution is -2.16. The molecule has 2 N–H and O–H groups in total. The summed E-state index contributed by atoms with van der Waals surface area (Å²) < 4.78 is 0. The second-order valence-corrected chi connectivity index (χ2v) is 5.19. The Bertz CT molecular complexity index is 511. The van der Waals surface area contributed by atoms with Gasteiger partial charge in [0.1, 0.15) is 0 Å². The third kappa shape index (κ3) is 3.13. The second-order valence-electron chi connectivity index (χ2n) is 5.19. The van der Waals surface area contributed by atoms with E-state index in [2.05, 4.69) is 17.6 Å².